The normalized spacial score (nSPS) is 8.73. The van der Waals surface area contributed by atoms with Crippen LogP contribution in [0.25, 0.3) is 0 Å². The Bertz CT molecular complexity index is 350. The van der Waals surface area contributed by atoms with Crippen molar-refractivity contribution in [2.45, 2.75) is 0 Å². The first-order valence-electron chi connectivity index (χ1n) is 2.81. The molecule has 5 heteroatoms. The Labute approximate surface area is 62.3 Å². The van der Waals surface area contributed by atoms with Crippen molar-refractivity contribution in [3.05, 3.63) is 22.1 Å². The molecule has 0 aliphatic rings. The molecule has 1 rings (SSSR count). The molecule has 0 amide bonds. The number of nitrogens with one attached hydrogen (secondary N) is 1. The van der Waals surface area contributed by atoms with Gasteiger partial charge in [0.05, 0.1) is 13.3 Å². The Hall–Kier alpha value is -1.83. The lowest BCUT2D eigenvalue weighted by Crippen LogP contribution is -2.11. The molecule has 0 aromatic carbocycles. The molecular weight excluding hydrogens is 146 g/mol. The van der Waals surface area contributed by atoms with Gasteiger partial charge in [-0.1, -0.05) is 0 Å². The SMILES string of the molecule is COc1ncc(C#N)c(=O)[nH]1. The Kier molecular flexibility index (Phi) is 1.88. The van der Waals surface area contributed by atoms with Gasteiger partial charge in [0.1, 0.15) is 11.6 Å². The van der Waals surface area contributed by atoms with Crippen LogP contribution in [0.2, 0.25) is 0 Å². The van der Waals surface area contributed by atoms with E-state index in [2.05, 4.69) is 14.7 Å². The third-order valence-corrected chi connectivity index (χ3v) is 1.09. The summed E-state index contributed by atoms with van der Waals surface area (Å²) in [7, 11) is 1.38. The van der Waals surface area contributed by atoms with Gasteiger partial charge in [-0.3, -0.25) is 9.78 Å². The predicted molar refractivity (Wildman–Crippen MR) is 36.1 cm³/mol. The molecule has 5 nitrogen and oxygen atoms in total. The van der Waals surface area contributed by atoms with Crippen molar-refractivity contribution in [2.75, 3.05) is 7.11 Å². The first kappa shape index (κ1) is 7.28. The maximum Gasteiger partial charge on any atom is 0.296 e. The van der Waals surface area contributed by atoms with Gasteiger partial charge >= 0.3 is 0 Å². The molecule has 56 valence electrons. The highest BCUT2D eigenvalue weighted by Crippen LogP contribution is 1.94. The molecule has 0 aliphatic heterocycles. The van der Waals surface area contributed by atoms with Gasteiger partial charge in [0, 0.05) is 0 Å². The number of hydrogen-bond acceptors (Lipinski definition) is 4. The maximum atomic E-state index is 10.8. The van der Waals surface area contributed by atoms with Crippen molar-refractivity contribution >= 4 is 0 Å². The van der Waals surface area contributed by atoms with E-state index in [1.807, 2.05) is 0 Å². The molecule has 1 aromatic heterocycles. The zero-order chi connectivity index (χ0) is 8.27. The first-order valence-corrected chi connectivity index (χ1v) is 2.81. The summed E-state index contributed by atoms with van der Waals surface area (Å²) in [6.07, 6.45) is 1.16. The molecular formula is C6H5N3O2. The summed E-state index contributed by atoms with van der Waals surface area (Å²) in [5.74, 6) is 0. The molecule has 0 spiro atoms. The van der Waals surface area contributed by atoms with Crippen LogP contribution >= 0.6 is 0 Å². The van der Waals surface area contributed by atoms with Crippen molar-refractivity contribution in [2.24, 2.45) is 0 Å². The van der Waals surface area contributed by atoms with Gasteiger partial charge in [0.2, 0.25) is 0 Å². The smallest absolute Gasteiger partial charge is 0.296 e. The fourth-order valence-electron chi connectivity index (χ4n) is 0.562. The summed E-state index contributed by atoms with van der Waals surface area (Å²) in [4.78, 5) is 16.7. The van der Waals surface area contributed by atoms with E-state index in [4.69, 9.17) is 5.26 Å². The van der Waals surface area contributed by atoms with Gasteiger partial charge < -0.3 is 4.74 Å². The summed E-state index contributed by atoms with van der Waals surface area (Å²) < 4.78 is 4.62. The molecule has 0 saturated carbocycles. The van der Waals surface area contributed by atoms with E-state index < -0.39 is 5.56 Å². The number of aromatic nitrogens is 2. The summed E-state index contributed by atoms with van der Waals surface area (Å²) in [6, 6.07) is 1.79. The monoisotopic (exact) mass is 151 g/mol. The quantitative estimate of drug-likeness (QED) is 0.595. The molecule has 1 heterocycles. The molecule has 0 bridgehead atoms. The molecule has 0 saturated heterocycles. The lowest BCUT2D eigenvalue weighted by Gasteiger charge is -1.94. The largest absolute Gasteiger partial charge is 0.468 e. The lowest BCUT2D eigenvalue weighted by atomic mass is 10.4. The van der Waals surface area contributed by atoms with Crippen molar-refractivity contribution < 1.29 is 4.74 Å². The van der Waals surface area contributed by atoms with Crippen molar-refractivity contribution in [3.8, 4) is 12.1 Å². The second-order valence-electron chi connectivity index (χ2n) is 1.75. The highest BCUT2D eigenvalue weighted by molar-refractivity contribution is 5.22. The minimum absolute atomic E-state index is 0.0224. The Balaban J connectivity index is 3.23. The van der Waals surface area contributed by atoms with Crippen LogP contribution in [0.1, 0.15) is 5.56 Å². The summed E-state index contributed by atoms with van der Waals surface area (Å²) in [6.45, 7) is 0. The molecule has 1 N–H and O–H groups in total. The Morgan fingerprint density at radius 2 is 2.55 bits per heavy atom. The van der Waals surface area contributed by atoms with Gasteiger partial charge in [-0.25, -0.2) is 4.98 Å². The molecule has 11 heavy (non-hydrogen) atoms. The van der Waals surface area contributed by atoms with E-state index in [1.54, 1.807) is 6.07 Å². The molecule has 0 fully saturated rings. The number of rotatable bonds is 1. The minimum atomic E-state index is -0.487. The van der Waals surface area contributed by atoms with E-state index in [9.17, 15) is 4.79 Å². The summed E-state index contributed by atoms with van der Waals surface area (Å²) in [5, 5.41) is 8.33. The Morgan fingerprint density at radius 1 is 1.82 bits per heavy atom. The summed E-state index contributed by atoms with van der Waals surface area (Å²) >= 11 is 0. The van der Waals surface area contributed by atoms with Crippen LogP contribution in [0.5, 0.6) is 6.01 Å². The number of methoxy groups -OCH3 is 1. The zero-order valence-electron chi connectivity index (χ0n) is 5.79. The van der Waals surface area contributed by atoms with Crippen molar-refractivity contribution in [1.82, 2.24) is 9.97 Å². The fourth-order valence-corrected chi connectivity index (χ4v) is 0.562. The van der Waals surface area contributed by atoms with E-state index >= 15 is 0 Å². The predicted octanol–water partition coefficient (Wildman–Crippen LogP) is -0.350. The molecule has 0 atom stereocenters. The van der Waals surface area contributed by atoms with Crippen LogP contribution in [0.3, 0.4) is 0 Å². The van der Waals surface area contributed by atoms with Gasteiger partial charge in [-0.2, -0.15) is 5.26 Å². The second kappa shape index (κ2) is 2.84. The number of nitrogens with zero attached hydrogens (tertiary/aromatic N) is 2. The van der Waals surface area contributed by atoms with E-state index in [1.165, 1.54) is 7.11 Å². The second-order valence-corrected chi connectivity index (χ2v) is 1.75. The van der Waals surface area contributed by atoms with Crippen LogP contribution < -0.4 is 10.3 Å². The van der Waals surface area contributed by atoms with Crippen molar-refractivity contribution in [1.29, 1.82) is 5.26 Å². The van der Waals surface area contributed by atoms with Crippen LogP contribution in [-0.2, 0) is 0 Å². The number of hydrogen-bond donors (Lipinski definition) is 1. The van der Waals surface area contributed by atoms with Crippen LogP contribution in [-0.4, -0.2) is 17.1 Å². The third-order valence-electron chi connectivity index (χ3n) is 1.09. The molecule has 0 radical (unpaired) electrons. The van der Waals surface area contributed by atoms with Gasteiger partial charge in [0.15, 0.2) is 0 Å². The van der Waals surface area contributed by atoms with Gasteiger partial charge in [0.25, 0.3) is 11.6 Å². The number of aromatic amines is 1. The topological polar surface area (TPSA) is 78.8 Å². The van der Waals surface area contributed by atoms with E-state index in [0.29, 0.717) is 0 Å². The van der Waals surface area contributed by atoms with Crippen LogP contribution in [0.4, 0.5) is 0 Å². The van der Waals surface area contributed by atoms with Gasteiger partial charge in [-0.05, 0) is 0 Å². The lowest BCUT2D eigenvalue weighted by molar-refractivity contribution is 0.378. The molecule has 0 unspecified atom stereocenters. The van der Waals surface area contributed by atoms with Crippen molar-refractivity contribution in [3.63, 3.8) is 0 Å². The third kappa shape index (κ3) is 1.35. The molecule has 0 aliphatic carbocycles. The Morgan fingerprint density at radius 3 is 3.00 bits per heavy atom. The fraction of sp³-hybridized carbons (Fsp3) is 0.167. The van der Waals surface area contributed by atoms with Crippen LogP contribution in [0.15, 0.2) is 11.0 Å². The number of nitriles is 1. The standard InChI is InChI=1S/C6H5N3O2/c1-11-6-8-3-4(2-7)5(10)9-6/h3H,1H3,(H,8,9,10). The van der Waals surface area contributed by atoms with Gasteiger partial charge in [-0.15, -0.1) is 0 Å². The number of H-pyrrole nitrogens is 1. The average Bonchev–Trinajstić information content (AvgIpc) is 2.04. The van der Waals surface area contributed by atoms with E-state index in [0.717, 1.165) is 6.20 Å². The first-order chi connectivity index (χ1) is 5.27. The highest BCUT2D eigenvalue weighted by atomic mass is 16.5. The average molecular weight is 151 g/mol. The maximum absolute atomic E-state index is 10.8. The zero-order valence-corrected chi connectivity index (χ0v) is 5.79. The highest BCUT2D eigenvalue weighted by Gasteiger charge is 1.99. The van der Waals surface area contributed by atoms with Crippen LogP contribution in [0, 0.1) is 11.3 Å². The summed E-state index contributed by atoms with van der Waals surface area (Å²) in [5.41, 5.74) is -0.509. The van der Waals surface area contributed by atoms with E-state index in [-0.39, 0.29) is 11.6 Å². The molecule has 1 aromatic rings. The minimum Gasteiger partial charge on any atom is -0.468 e. The number of ether oxygens (including phenoxy) is 1.